The largest absolute Gasteiger partial charge is 0.494 e. The molecule has 2 amide bonds. The van der Waals surface area contributed by atoms with E-state index < -0.39 is 15.9 Å². The zero-order valence-corrected chi connectivity index (χ0v) is 18.6. The normalized spacial score (nSPS) is 15.0. The monoisotopic (exact) mass is 458 g/mol. The van der Waals surface area contributed by atoms with E-state index in [9.17, 15) is 18.0 Å². The van der Waals surface area contributed by atoms with Gasteiger partial charge in [0, 0.05) is 24.1 Å². The predicted molar refractivity (Wildman–Crippen MR) is 120 cm³/mol. The molecule has 9 nitrogen and oxygen atoms in total. The zero-order chi connectivity index (χ0) is 23.0. The van der Waals surface area contributed by atoms with E-state index in [2.05, 4.69) is 20.6 Å². The summed E-state index contributed by atoms with van der Waals surface area (Å²) in [6.45, 7) is 2.87. The van der Waals surface area contributed by atoms with Crippen LogP contribution in [0.3, 0.4) is 0 Å². The number of unbranched alkanes of at least 4 members (excludes halogenated alkanes) is 2. The van der Waals surface area contributed by atoms with Gasteiger partial charge in [-0.05, 0) is 56.2 Å². The molecule has 0 atom stereocenters. The Bertz CT molecular complexity index is 1100. The van der Waals surface area contributed by atoms with Crippen molar-refractivity contribution in [2.45, 2.75) is 37.5 Å². The number of hydrogen-bond acceptors (Lipinski definition) is 6. The van der Waals surface area contributed by atoms with Crippen LogP contribution in [-0.4, -0.2) is 39.2 Å². The zero-order valence-electron chi connectivity index (χ0n) is 17.8. The third-order valence-electron chi connectivity index (χ3n) is 4.74. The number of hydrogen-bond donors (Lipinski definition) is 3. The van der Waals surface area contributed by atoms with Gasteiger partial charge >= 0.3 is 0 Å². The predicted octanol–water partition coefficient (Wildman–Crippen LogP) is 2.15. The van der Waals surface area contributed by atoms with Crippen molar-refractivity contribution in [3.63, 3.8) is 0 Å². The van der Waals surface area contributed by atoms with Crippen molar-refractivity contribution in [2.75, 3.05) is 13.2 Å². The van der Waals surface area contributed by atoms with Gasteiger partial charge in [-0.3, -0.25) is 30.2 Å². The minimum atomic E-state index is -3.53. The van der Waals surface area contributed by atoms with Crippen LogP contribution in [0.4, 0.5) is 0 Å². The Kier molecular flexibility index (Phi) is 7.82. The average molecular weight is 459 g/mol. The van der Waals surface area contributed by atoms with Crippen molar-refractivity contribution in [1.29, 1.82) is 0 Å². The Hall–Kier alpha value is -3.40. The lowest BCUT2D eigenvalue weighted by Crippen LogP contribution is -2.41. The van der Waals surface area contributed by atoms with Crippen LogP contribution in [0.2, 0.25) is 0 Å². The number of aliphatic imine (C=N–C) groups is 1. The second kappa shape index (κ2) is 10.8. The van der Waals surface area contributed by atoms with Gasteiger partial charge in [-0.2, -0.15) is 0 Å². The number of carbonyl (C=O) groups excluding carboxylic acids is 2. The number of rotatable bonds is 9. The van der Waals surface area contributed by atoms with Crippen molar-refractivity contribution in [3.05, 3.63) is 59.7 Å². The van der Waals surface area contributed by atoms with Crippen LogP contribution in [0.15, 0.2) is 58.4 Å². The summed E-state index contributed by atoms with van der Waals surface area (Å²) in [6, 6.07) is 13.3. The molecule has 10 heteroatoms. The number of carbonyl (C=O) groups is 2. The number of nitrogens with one attached hydrogen (secondary N) is 3. The van der Waals surface area contributed by atoms with Gasteiger partial charge in [0.25, 0.3) is 15.9 Å². The topological polar surface area (TPSA) is 126 Å². The summed E-state index contributed by atoms with van der Waals surface area (Å²) in [6.07, 6.45) is 2.33. The molecule has 170 valence electrons. The van der Waals surface area contributed by atoms with Crippen LogP contribution in [-0.2, 0) is 14.8 Å². The number of amidine groups is 1. The molecule has 0 saturated carbocycles. The number of sulfonamides is 1. The maximum absolute atomic E-state index is 12.1. The number of hydrazine groups is 1. The molecular weight excluding hydrogens is 432 g/mol. The van der Waals surface area contributed by atoms with Crippen molar-refractivity contribution in [1.82, 2.24) is 15.6 Å². The quantitative estimate of drug-likeness (QED) is 0.392. The fourth-order valence-corrected chi connectivity index (χ4v) is 4.40. The Balaban J connectivity index is 1.34. The summed E-state index contributed by atoms with van der Waals surface area (Å²) in [7, 11) is -3.53. The van der Waals surface area contributed by atoms with E-state index in [1.54, 1.807) is 48.5 Å². The Labute approximate surface area is 187 Å². The Morgan fingerprint density at radius 1 is 1.00 bits per heavy atom. The van der Waals surface area contributed by atoms with Gasteiger partial charge in [0.1, 0.15) is 11.6 Å². The number of nitrogens with zero attached hydrogens (tertiary/aromatic N) is 1. The van der Waals surface area contributed by atoms with E-state index >= 15 is 0 Å². The maximum atomic E-state index is 12.1. The summed E-state index contributed by atoms with van der Waals surface area (Å²) < 4.78 is 31.9. The molecule has 0 aromatic heterocycles. The minimum absolute atomic E-state index is 0.239. The average Bonchev–Trinajstić information content (AvgIpc) is 3.05. The molecule has 32 heavy (non-hydrogen) atoms. The van der Waals surface area contributed by atoms with E-state index in [1.165, 1.54) is 0 Å². The van der Waals surface area contributed by atoms with Gasteiger partial charge < -0.3 is 4.74 Å². The summed E-state index contributed by atoms with van der Waals surface area (Å²) in [5, 5.41) is 0. The standard InChI is InChI=1S/C22H26N4O5S/c1-2-31-17-13-11-16(12-14-17)22(28)25-24-20(27)10-4-3-7-15-23-21-18-8-5-6-9-19(18)32(29,30)26-21/h5-6,8-9,11-14H,2-4,7,10,15H2,1H3,(H,23,26)(H,24,27)(H,25,28). The van der Waals surface area contributed by atoms with Crippen molar-refractivity contribution in [3.8, 4) is 5.75 Å². The molecule has 1 heterocycles. The van der Waals surface area contributed by atoms with Crippen LogP contribution in [0, 0.1) is 0 Å². The van der Waals surface area contributed by atoms with Crippen molar-refractivity contribution in [2.24, 2.45) is 4.99 Å². The maximum Gasteiger partial charge on any atom is 0.269 e. The summed E-state index contributed by atoms with van der Waals surface area (Å²) in [4.78, 5) is 28.6. The molecule has 3 rings (SSSR count). The lowest BCUT2D eigenvalue weighted by molar-refractivity contribution is -0.122. The van der Waals surface area contributed by atoms with Crippen molar-refractivity contribution < 1.29 is 22.7 Å². The van der Waals surface area contributed by atoms with Gasteiger partial charge in [0.05, 0.1) is 11.5 Å². The van der Waals surface area contributed by atoms with Crippen LogP contribution >= 0.6 is 0 Å². The van der Waals surface area contributed by atoms with Crippen LogP contribution < -0.4 is 20.3 Å². The highest BCUT2D eigenvalue weighted by Crippen LogP contribution is 2.22. The smallest absolute Gasteiger partial charge is 0.269 e. The van der Waals surface area contributed by atoms with Crippen LogP contribution in [0.25, 0.3) is 0 Å². The highest BCUT2D eigenvalue weighted by molar-refractivity contribution is 7.90. The van der Waals surface area contributed by atoms with Gasteiger partial charge in [-0.15, -0.1) is 0 Å². The lowest BCUT2D eigenvalue weighted by Gasteiger charge is -2.08. The fourth-order valence-electron chi connectivity index (χ4n) is 3.15. The molecule has 3 N–H and O–H groups in total. The molecule has 0 saturated heterocycles. The minimum Gasteiger partial charge on any atom is -0.494 e. The third-order valence-corrected chi connectivity index (χ3v) is 6.13. The summed E-state index contributed by atoms with van der Waals surface area (Å²) in [5.74, 6) is 0.340. The van der Waals surface area contributed by atoms with Gasteiger partial charge in [-0.25, -0.2) is 8.42 Å². The molecule has 0 radical (unpaired) electrons. The number of fused-ring (bicyclic) bond motifs is 1. The second-order valence-electron chi connectivity index (χ2n) is 7.10. The lowest BCUT2D eigenvalue weighted by atomic mass is 10.2. The molecule has 0 bridgehead atoms. The molecule has 0 spiro atoms. The van der Waals surface area contributed by atoms with E-state index in [1.807, 2.05) is 6.92 Å². The first-order valence-electron chi connectivity index (χ1n) is 10.4. The van der Waals surface area contributed by atoms with Crippen molar-refractivity contribution >= 4 is 27.7 Å². The molecule has 0 aliphatic carbocycles. The summed E-state index contributed by atoms with van der Waals surface area (Å²) in [5.41, 5.74) is 5.79. The first kappa shape index (κ1) is 23.3. The van der Waals surface area contributed by atoms with Crippen LogP contribution in [0.5, 0.6) is 5.75 Å². The fraction of sp³-hybridized carbons (Fsp3) is 0.318. The number of amides is 2. The molecule has 2 aromatic carbocycles. The highest BCUT2D eigenvalue weighted by atomic mass is 32.2. The Morgan fingerprint density at radius 2 is 1.75 bits per heavy atom. The number of benzene rings is 2. The number of ether oxygens (including phenoxy) is 1. The summed E-state index contributed by atoms with van der Waals surface area (Å²) >= 11 is 0. The van der Waals surface area contributed by atoms with Crippen LogP contribution in [0.1, 0.15) is 48.5 Å². The van der Waals surface area contributed by atoms with E-state index in [0.29, 0.717) is 48.7 Å². The molecule has 2 aromatic rings. The first-order chi connectivity index (χ1) is 15.4. The van der Waals surface area contributed by atoms with Gasteiger partial charge in [0.15, 0.2) is 0 Å². The molecule has 0 fully saturated rings. The molecular formula is C22H26N4O5S. The molecule has 0 unspecified atom stereocenters. The molecule has 1 aliphatic heterocycles. The molecule has 1 aliphatic rings. The van der Waals surface area contributed by atoms with E-state index in [4.69, 9.17) is 4.74 Å². The van der Waals surface area contributed by atoms with E-state index in [-0.39, 0.29) is 17.2 Å². The van der Waals surface area contributed by atoms with Gasteiger partial charge in [-0.1, -0.05) is 18.6 Å². The second-order valence-corrected chi connectivity index (χ2v) is 8.75. The third kappa shape index (κ3) is 6.07. The Morgan fingerprint density at radius 3 is 2.50 bits per heavy atom. The van der Waals surface area contributed by atoms with E-state index in [0.717, 1.165) is 6.42 Å². The highest BCUT2D eigenvalue weighted by Gasteiger charge is 2.29. The van der Waals surface area contributed by atoms with Gasteiger partial charge in [0.2, 0.25) is 5.91 Å². The SMILES string of the molecule is CCOc1ccc(C(=O)NNC(=O)CCCCCN=C2NS(=O)(=O)c3ccccc32)cc1. The first-order valence-corrected chi connectivity index (χ1v) is 11.9.